The molecule has 2 atom stereocenters. The van der Waals surface area contributed by atoms with Crippen molar-refractivity contribution in [1.29, 1.82) is 0 Å². The molecule has 0 aliphatic carbocycles. The summed E-state index contributed by atoms with van der Waals surface area (Å²) in [6.07, 6.45) is 1.17. The fourth-order valence-corrected chi connectivity index (χ4v) is 0.672. The van der Waals surface area contributed by atoms with Crippen LogP contribution in [0.4, 0.5) is 0 Å². The standard InChI is InChI=1S/C7H18N2/c1-4-6(2)9-7(3)5-8/h6-7,9H,4-5,8H2,1-3H3. The summed E-state index contributed by atoms with van der Waals surface area (Å²) >= 11 is 0. The van der Waals surface area contributed by atoms with E-state index in [-0.39, 0.29) is 0 Å². The summed E-state index contributed by atoms with van der Waals surface area (Å²) in [6, 6.07) is 1.06. The van der Waals surface area contributed by atoms with Gasteiger partial charge in [0, 0.05) is 18.6 Å². The van der Waals surface area contributed by atoms with Crippen molar-refractivity contribution >= 4 is 0 Å². The van der Waals surface area contributed by atoms with Crippen LogP contribution in [0, 0.1) is 0 Å². The summed E-state index contributed by atoms with van der Waals surface area (Å²) in [5.41, 5.74) is 5.41. The molecule has 56 valence electrons. The molecule has 2 heteroatoms. The van der Waals surface area contributed by atoms with E-state index in [1.165, 1.54) is 6.42 Å². The number of rotatable bonds is 4. The largest absolute Gasteiger partial charge is 0.329 e. The Kier molecular flexibility index (Phi) is 4.72. The molecule has 0 aromatic heterocycles. The molecule has 0 radical (unpaired) electrons. The highest BCUT2D eigenvalue weighted by molar-refractivity contribution is 4.65. The van der Waals surface area contributed by atoms with Crippen molar-refractivity contribution in [1.82, 2.24) is 5.32 Å². The smallest absolute Gasteiger partial charge is 0.0164 e. The lowest BCUT2D eigenvalue weighted by molar-refractivity contribution is 0.463. The molecular formula is C7H18N2. The molecule has 0 rings (SSSR count). The number of hydrogen-bond donors (Lipinski definition) is 2. The Bertz CT molecular complexity index is 55.9. The number of nitrogens with one attached hydrogen (secondary N) is 1. The van der Waals surface area contributed by atoms with E-state index in [2.05, 4.69) is 26.1 Å². The van der Waals surface area contributed by atoms with Gasteiger partial charge in [0.05, 0.1) is 0 Å². The maximum atomic E-state index is 5.41. The molecule has 0 fully saturated rings. The second kappa shape index (κ2) is 4.77. The second-order valence-corrected chi connectivity index (χ2v) is 2.61. The Morgan fingerprint density at radius 3 is 2.22 bits per heavy atom. The summed E-state index contributed by atoms with van der Waals surface area (Å²) in [5, 5.41) is 3.35. The van der Waals surface area contributed by atoms with Crippen LogP contribution >= 0.6 is 0 Å². The van der Waals surface area contributed by atoms with Gasteiger partial charge >= 0.3 is 0 Å². The van der Waals surface area contributed by atoms with Crippen molar-refractivity contribution in [2.45, 2.75) is 39.3 Å². The Hall–Kier alpha value is -0.0800. The molecule has 0 aliphatic rings. The molecule has 0 saturated heterocycles. The van der Waals surface area contributed by atoms with Crippen molar-refractivity contribution in [3.8, 4) is 0 Å². The molecule has 2 nitrogen and oxygen atoms in total. The van der Waals surface area contributed by atoms with Gasteiger partial charge in [-0.15, -0.1) is 0 Å². The van der Waals surface area contributed by atoms with Crippen LogP contribution < -0.4 is 11.1 Å². The predicted octanol–water partition coefficient (Wildman–Crippen LogP) is 0.722. The number of hydrogen-bond acceptors (Lipinski definition) is 2. The monoisotopic (exact) mass is 130 g/mol. The summed E-state index contributed by atoms with van der Waals surface area (Å²) in [5.74, 6) is 0. The van der Waals surface area contributed by atoms with Gasteiger partial charge in [0.25, 0.3) is 0 Å². The minimum Gasteiger partial charge on any atom is -0.329 e. The van der Waals surface area contributed by atoms with Gasteiger partial charge in [0.2, 0.25) is 0 Å². The average Bonchev–Trinajstić information content (AvgIpc) is 1.87. The third-order valence-electron chi connectivity index (χ3n) is 1.53. The quantitative estimate of drug-likeness (QED) is 0.588. The fourth-order valence-electron chi connectivity index (χ4n) is 0.672. The second-order valence-electron chi connectivity index (χ2n) is 2.61. The third kappa shape index (κ3) is 4.43. The van der Waals surface area contributed by atoms with Gasteiger partial charge in [-0.05, 0) is 20.3 Å². The molecule has 0 aliphatic heterocycles. The van der Waals surface area contributed by atoms with Crippen molar-refractivity contribution < 1.29 is 0 Å². The lowest BCUT2D eigenvalue weighted by Crippen LogP contribution is -2.38. The molecular weight excluding hydrogens is 112 g/mol. The van der Waals surface area contributed by atoms with Crippen LogP contribution in [0.2, 0.25) is 0 Å². The Morgan fingerprint density at radius 2 is 1.89 bits per heavy atom. The normalized spacial score (nSPS) is 17.3. The minimum atomic E-state index is 0.458. The van der Waals surface area contributed by atoms with E-state index in [4.69, 9.17) is 5.73 Å². The van der Waals surface area contributed by atoms with Crippen LogP contribution in [0.25, 0.3) is 0 Å². The van der Waals surface area contributed by atoms with E-state index in [9.17, 15) is 0 Å². The summed E-state index contributed by atoms with van der Waals surface area (Å²) in [6.45, 7) is 7.17. The van der Waals surface area contributed by atoms with E-state index in [0.717, 1.165) is 6.54 Å². The first-order chi connectivity index (χ1) is 4.20. The molecule has 2 unspecified atom stereocenters. The minimum absolute atomic E-state index is 0.458. The Balaban J connectivity index is 3.22. The van der Waals surface area contributed by atoms with Gasteiger partial charge < -0.3 is 11.1 Å². The molecule has 9 heavy (non-hydrogen) atoms. The molecule has 0 heterocycles. The van der Waals surface area contributed by atoms with Crippen LogP contribution in [0.1, 0.15) is 27.2 Å². The summed E-state index contributed by atoms with van der Waals surface area (Å²) in [7, 11) is 0. The Labute approximate surface area is 57.8 Å². The first kappa shape index (κ1) is 8.92. The third-order valence-corrected chi connectivity index (χ3v) is 1.53. The molecule has 0 bridgehead atoms. The average molecular weight is 130 g/mol. The lowest BCUT2D eigenvalue weighted by atomic mass is 10.2. The van der Waals surface area contributed by atoms with Gasteiger partial charge in [0.15, 0.2) is 0 Å². The van der Waals surface area contributed by atoms with E-state index < -0.39 is 0 Å². The van der Waals surface area contributed by atoms with E-state index >= 15 is 0 Å². The molecule has 0 aromatic rings. The highest BCUT2D eigenvalue weighted by Crippen LogP contribution is 1.89. The van der Waals surface area contributed by atoms with Crippen LogP contribution in [-0.4, -0.2) is 18.6 Å². The van der Waals surface area contributed by atoms with Crippen molar-refractivity contribution in [2.75, 3.05) is 6.54 Å². The fraction of sp³-hybridized carbons (Fsp3) is 1.00. The van der Waals surface area contributed by atoms with E-state index in [1.54, 1.807) is 0 Å². The molecule has 0 aromatic carbocycles. The maximum Gasteiger partial charge on any atom is 0.0164 e. The lowest BCUT2D eigenvalue weighted by Gasteiger charge is -2.16. The van der Waals surface area contributed by atoms with Crippen LogP contribution in [0.15, 0.2) is 0 Å². The Morgan fingerprint density at radius 1 is 1.33 bits per heavy atom. The zero-order valence-corrected chi connectivity index (χ0v) is 6.65. The molecule has 0 saturated carbocycles. The van der Waals surface area contributed by atoms with Crippen LogP contribution in [-0.2, 0) is 0 Å². The molecule has 3 N–H and O–H groups in total. The zero-order valence-electron chi connectivity index (χ0n) is 6.65. The van der Waals surface area contributed by atoms with Gasteiger partial charge in [-0.2, -0.15) is 0 Å². The van der Waals surface area contributed by atoms with Crippen molar-refractivity contribution in [3.63, 3.8) is 0 Å². The summed E-state index contributed by atoms with van der Waals surface area (Å²) in [4.78, 5) is 0. The SMILES string of the molecule is CCC(C)NC(C)CN. The van der Waals surface area contributed by atoms with E-state index in [1.807, 2.05) is 0 Å². The van der Waals surface area contributed by atoms with Gasteiger partial charge in [0.1, 0.15) is 0 Å². The van der Waals surface area contributed by atoms with Gasteiger partial charge in [-0.25, -0.2) is 0 Å². The first-order valence-electron chi connectivity index (χ1n) is 3.66. The van der Waals surface area contributed by atoms with E-state index in [0.29, 0.717) is 12.1 Å². The van der Waals surface area contributed by atoms with Gasteiger partial charge in [-0.3, -0.25) is 0 Å². The van der Waals surface area contributed by atoms with Crippen LogP contribution in [0.5, 0.6) is 0 Å². The maximum absolute atomic E-state index is 5.41. The highest BCUT2D eigenvalue weighted by Gasteiger charge is 2.01. The predicted molar refractivity (Wildman–Crippen MR) is 41.4 cm³/mol. The first-order valence-corrected chi connectivity index (χ1v) is 3.66. The zero-order chi connectivity index (χ0) is 7.28. The molecule has 0 amide bonds. The highest BCUT2D eigenvalue weighted by atomic mass is 14.9. The topological polar surface area (TPSA) is 38.0 Å². The summed E-state index contributed by atoms with van der Waals surface area (Å²) < 4.78 is 0. The van der Waals surface area contributed by atoms with Crippen molar-refractivity contribution in [2.24, 2.45) is 5.73 Å². The van der Waals surface area contributed by atoms with Gasteiger partial charge in [-0.1, -0.05) is 6.92 Å². The van der Waals surface area contributed by atoms with Crippen LogP contribution in [0.3, 0.4) is 0 Å². The number of nitrogens with two attached hydrogens (primary N) is 1. The molecule has 0 spiro atoms. The van der Waals surface area contributed by atoms with Crippen molar-refractivity contribution in [3.05, 3.63) is 0 Å².